The highest BCUT2D eigenvalue weighted by molar-refractivity contribution is 5.27. The molecule has 0 atom stereocenters. The van der Waals surface area contributed by atoms with E-state index in [1.807, 2.05) is 12.1 Å². The number of hydrogen-bond donors (Lipinski definition) is 1. The van der Waals surface area contributed by atoms with Gasteiger partial charge in [0.2, 0.25) is 0 Å². The molecule has 0 radical (unpaired) electrons. The molecule has 0 bridgehead atoms. The fourth-order valence-electron chi connectivity index (χ4n) is 1.49. The van der Waals surface area contributed by atoms with Crippen molar-refractivity contribution in [1.82, 2.24) is 5.32 Å². The maximum absolute atomic E-state index is 5.34. The molecule has 0 aliphatic carbocycles. The molecular weight excluding hydrogens is 214 g/mol. The minimum Gasteiger partial charge on any atom is -0.497 e. The van der Waals surface area contributed by atoms with Crippen molar-refractivity contribution >= 4 is 0 Å². The van der Waals surface area contributed by atoms with E-state index in [1.54, 1.807) is 14.2 Å². The zero-order valence-electron chi connectivity index (χ0n) is 11.2. The van der Waals surface area contributed by atoms with Crippen LogP contribution in [0.5, 0.6) is 5.75 Å². The lowest BCUT2D eigenvalue weighted by Crippen LogP contribution is -2.37. The number of nitrogens with one attached hydrogen (secondary N) is 1. The Morgan fingerprint density at radius 2 is 1.76 bits per heavy atom. The Morgan fingerprint density at radius 1 is 1.12 bits per heavy atom. The van der Waals surface area contributed by atoms with E-state index < -0.39 is 0 Å². The standard InChI is InChI=1S/C14H23NO2/c1-14(2,17-4)11-15-10-9-12-5-7-13(16-3)8-6-12/h5-8,15H,9-11H2,1-4H3. The molecule has 17 heavy (non-hydrogen) atoms. The molecule has 0 aliphatic rings. The summed E-state index contributed by atoms with van der Waals surface area (Å²) in [5.41, 5.74) is 1.22. The maximum atomic E-state index is 5.34. The smallest absolute Gasteiger partial charge is 0.118 e. The molecule has 1 aromatic carbocycles. The van der Waals surface area contributed by atoms with Crippen molar-refractivity contribution in [1.29, 1.82) is 0 Å². The molecule has 1 aromatic rings. The summed E-state index contributed by atoms with van der Waals surface area (Å²) >= 11 is 0. The largest absolute Gasteiger partial charge is 0.497 e. The van der Waals surface area contributed by atoms with Crippen LogP contribution in [0.15, 0.2) is 24.3 Å². The van der Waals surface area contributed by atoms with Crippen molar-refractivity contribution in [2.75, 3.05) is 27.3 Å². The quantitative estimate of drug-likeness (QED) is 0.738. The highest BCUT2D eigenvalue weighted by Gasteiger charge is 2.14. The fraction of sp³-hybridized carbons (Fsp3) is 0.571. The van der Waals surface area contributed by atoms with Gasteiger partial charge in [-0.25, -0.2) is 0 Å². The molecule has 0 unspecified atom stereocenters. The van der Waals surface area contributed by atoms with Crippen LogP contribution in [0.25, 0.3) is 0 Å². The monoisotopic (exact) mass is 237 g/mol. The van der Waals surface area contributed by atoms with E-state index in [2.05, 4.69) is 31.3 Å². The van der Waals surface area contributed by atoms with Crippen molar-refractivity contribution < 1.29 is 9.47 Å². The zero-order valence-corrected chi connectivity index (χ0v) is 11.2. The summed E-state index contributed by atoms with van der Waals surface area (Å²) < 4.78 is 10.5. The Kier molecular flexibility index (Phi) is 5.45. The third-order valence-electron chi connectivity index (χ3n) is 2.85. The minimum absolute atomic E-state index is 0.0973. The van der Waals surface area contributed by atoms with Gasteiger partial charge in [-0.15, -0.1) is 0 Å². The molecule has 3 nitrogen and oxygen atoms in total. The van der Waals surface area contributed by atoms with Crippen LogP contribution < -0.4 is 10.1 Å². The van der Waals surface area contributed by atoms with Gasteiger partial charge in [0.05, 0.1) is 12.7 Å². The molecule has 0 aliphatic heterocycles. The van der Waals surface area contributed by atoms with Crippen molar-refractivity contribution in [2.24, 2.45) is 0 Å². The average molecular weight is 237 g/mol. The van der Waals surface area contributed by atoms with Crippen LogP contribution in [0.4, 0.5) is 0 Å². The van der Waals surface area contributed by atoms with E-state index in [9.17, 15) is 0 Å². The first-order valence-corrected chi connectivity index (χ1v) is 5.96. The van der Waals surface area contributed by atoms with Gasteiger partial charge in [0.1, 0.15) is 5.75 Å². The molecule has 3 heteroatoms. The topological polar surface area (TPSA) is 30.5 Å². The lowest BCUT2D eigenvalue weighted by Gasteiger charge is -2.23. The lowest BCUT2D eigenvalue weighted by molar-refractivity contribution is 0.0235. The maximum Gasteiger partial charge on any atom is 0.118 e. The van der Waals surface area contributed by atoms with E-state index >= 15 is 0 Å². The summed E-state index contributed by atoms with van der Waals surface area (Å²) in [7, 11) is 3.43. The second-order valence-electron chi connectivity index (χ2n) is 4.74. The van der Waals surface area contributed by atoms with E-state index in [0.717, 1.165) is 25.3 Å². The molecule has 0 amide bonds. The summed E-state index contributed by atoms with van der Waals surface area (Å²) in [6, 6.07) is 8.19. The lowest BCUT2D eigenvalue weighted by atomic mass is 10.1. The Balaban J connectivity index is 2.26. The molecule has 0 spiro atoms. The molecule has 0 saturated carbocycles. The molecule has 1 rings (SSSR count). The highest BCUT2D eigenvalue weighted by Crippen LogP contribution is 2.11. The number of methoxy groups -OCH3 is 2. The number of rotatable bonds is 7. The van der Waals surface area contributed by atoms with Crippen LogP contribution in [-0.4, -0.2) is 32.9 Å². The van der Waals surface area contributed by atoms with Gasteiger partial charge in [0, 0.05) is 13.7 Å². The first-order valence-electron chi connectivity index (χ1n) is 5.96. The molecular formula is C14H23NO2. The summed E-state index contributed by atoms with van der Waals surface area (Å²) in [6.07, 6.45) is 1.02. The van der Waals surface area contributed by atoms with Gasteiger partial charge >= 0.3 is 0 Å². The Bertz CT molecular complexity index is 319. The third kappa shape index (κ3) is 5.20. The Labute approximate surface area is 104 Å². The van der Waals surface area contributed by atoms with Crippen molar-refractivity contribution in [3.05, 3.63) is 29.8 Å². The second kappa shape index (κ2) is 6.62. The number of ether oxygens (including phenoxy) is 2. The van der Waals surface area contributed by atoms with Crippen molar-refractivity contribution in [2.45, 2.75) is 25.9 Å². The normalized spacial score (nSPS) is 11.5. The SMILES string of the molecule is COc1ccc(CCNCC(C)(C)OC)cc1. The van der Waals surface area contributed by atoms with Crippen LogP contribution >= 0.6 is 0 Å². The van der Waals surface area contributed by atoms with Crippen LogP contribution in [-0.2, 0) is 11.2 Å². The number of benzene rings is 1. The van der Waals surface area contributed by atoms with E-state index in [4.69, 9.17) is 9.47 Å². The van der Waals surface area contributed by atoms with Gasteiger partial charge in [-0.05, 0) is 44.5 Å². The minimum atomic E-state index is -0.0973. The van der Waals surface area contributed by atoms with E-state index in [1.165, 1.54) is 5.56 Å². The Morgan fingerprint density at radius 3 is 2.29 bits per heavy atom. The third-order valence-corrected chi connectivity index (χ3v) is 2.85. The Hall–Kier alpha value is -1.06. The molecule has 96 valence electrons. The van der Waals surface area contributed by atoms with Gasteiger partial charge < -0.3 is 14.8 Å². The van der Waals surface area contributed by atoms with E-state index in [0.29, 0.717) is 0 Å². The second-order valence-corrected chi connectivity index (χ2v) is 4.74. The summed E-state index contributed by atoms with van der Waals surface area (Å²) in [5.74, 6) is 0.905. The fourth-order valence-corrected chi connectivity index (χ4v) is 1.49. The van der Waals surface area contributed by atoms with Gasteiger partial charge in [-0.2, -0.15) is 0 Å². The van der Waals surface area contributed by atoms with Gasteiger partial charge in [-0.1, -0.05) is 12.1 Å². The van der Waals surface area contributed by atoms with Gasteiger partial charge in [0.15, 0.2) is 0 Å². The zero-order chi connectivity index (χ0) is 12.7. The van der Waals surface area contributed by atoms with Crippen LogP contribution in [0.3, 0.4) is 0 Å². The van der Waals surface area contributed by atoms with Gasteiger partial charge in [0.25, 0.3) is 0 Å². The molecule has 0 fully saturated rings. The van der Waals surface area contributed by atoms with Gasteiger partial charge in [-0.3, -0.25) is 0 Å². The van der Waals surface area contributed by atoms with Crippen molar-refractivity contribution in [3.8, 4) is 5.75 Å². The molecule has 0 heterocycles. The summed E-state index contributed by atoms with van der Waals surface area (Å²) in [5, 5.41) is 3.40. The first-order chi connectivity index (χ1) is 8.07. The van der Waals surface area contributed by atoms with Crippen molar-refractivity contribution in [3.63, 3.8) is 0 Å². The molecule has 0 aromatic heterocycles. The molecule has 1 N–H and O–H groups in total. The summed E-state index contributed by atoms with van der Waals surface area (Å²) in [6.45, 7) is 5.97. The van der Waals surface area contributed by atoms with Crippen LogP contribution in [0.2, 0.25) is 0 Å². The summed E-state index contributed by atoms with van der Waals surface area (Å²) in [4.78, 5) is 0. The van der Waals surface area contributed by atoms with E-state index in [-0.39, 0.29) is 5.60 Å². The molecule has 0 saturated heterocycles. The van der Waals surface area contributed by atoms with Crippen LogP contribution in [0.1, 0.15) is 19.4 Å². The first kappa shape index (κ1) is 14.0. The predicted molar refractivity (Wildman–Crippen MR) is 70.7 cm³/mol. The predicted octanol–water partition coefficient (Wildman–Crippen LogP) is 2.25. The van der Waals surface area contributed by atoms with Crippen LogP contribution in [0, 0.1) is 0 Å². The highest BCUT2D eigenvalue weighted by atomic mass is 16.5. The average Bonchev–Trinajstić information content (AvgIpc) is 2.35. The number of hydrogen-bond acceptors (Lipinski definition) is 3.